The Hall–Kier alpha value is -1.34. The predicted molar refractivity (Wildman–Crippen MR) is 55.1 cm³/mol. The van der Waals surface area contributed by atoms with E-state index in [2.05, 4.69) is 10.2 Å². The average Bonchev–Trinajstić information content (AvgIpc) is 2.86. The van der Waals surface area contributed by atoms with Crippen molar-refractivity contribution in [2.45, 2.75) is 10.1 Å². The number of carboxylic acid groups (broad SMARTS) is 1. The van der Waals surface area contributed by atoms with Gasteiger partial charge in [-0.05, 0) is 6.07 Å². The molecule has 0 unspecified atom stereocenters. The molecule has 0 saturated carbocycles. The summed E-state index contributed by atoms with van der Waals surface area (Å²) in [6, 6.07) is 1.51. The zero-order valence-electron chi connectivity index (χ0n) is 7.41. The Kier molecular flexibility index (Phi) is 3.02. The lowest BCUT2D eigenvalue weighted by molar-refractivity contribution is 0.0696. The zero-order valence-corrected chi connectivity index (χ0v) is 9.05. The zero-order chi connectivity index (χ0) is 10.7. The highest BCUT2D eigenvalue weighted by atomic mass is 32.2. The molecular formula is C8H6N2O3S2. The molecule has 2 heterocycles. The maximum absolute atomic E-state index is 10.6. The van der Waals surface area contributed by atoms with E-state index in [-0.39, 0.29) is 5.56 Å². The van der Waals surface area contributed by atoms with Crippen LogP contribution in [0.4, 0.5) is 0 Å². The fourth-order valence-corrected chi connectivity index (χ4v) is 2.31. The summed E-state index contributed by atoms with van der Waals surface area (Å²) in [6.07, 6.45) is 1.23. The Morgan fingerprint density at radius 3 is 3.13 bits per heavy atom. The number of carbonyl (C=O) groups is 1. The van der Waals surface area contributed by atoms with Gasteiger partial charge >= 0.3 is 5.97 Å². The highest BCUT2D eigenvalue weighted by Crippen LogP contribution is 2.24. The van der Waals surface area contributed by atoms with Gasteiger partial charge in [0, 0.05) is 0 Å². The maximum atomic E-state index is 10.6. The second-order valence-electron chi connectivity index (χ2n) is 2.60. The Morgan fingerprint density at radius 2 is 2.53 bits per heavy atom. The van der Waals surface area contributed by atoms with Gasteiger partial charge in [-0.25, -0.2) is 4.79 Å². The van der Waals surface area contributed by atoms with E-state index in [1.807, 2.05) is 0 Å². The summed E-state index contributed by atoms with van der Waals surface area (Å²) in [5, 5.41) is 16.2. The number of aromatic nitrogens is 2. The molecule has 0 fully saturated rings. The van der Waals surface area contributed by atoms with Gasteiger partial charge in [0.15, 0.2) is 4.34 Å². The molecule has 15 heavy (non-hydrogen) atoms. The van der Waals surface area contributed by atoms with Gasteiger partial charge < -0.3 is 9.52 Å². The molecule has 0 saturated heterocycles. The van der Waals surface area contributed by atoms with Crippen LogP contribution in [0.15, 0.2) is 26.6 Å². The van der Waals surface area contributed by atoms with Crippen molar-refractivity contribution in [1.29, 1.82) is 0 Å². The van der Waals surface area contributed by atoms with Gasteiger partial charge in [-0.2, -0.15) is 0 Å². The molecule has 1 N–H and O–H groups in total. The number of furan rings is 1. The highest BCUT2D eigenvalue weighted by Gasteiger charge is 2.08. The van der Waals surface area contributed by atoms with Gasteiger partial charge in [-0.1, -0.05) is 23.1 Å². The number of nitrogens with zero attached hydrogens (tertiary/aromatic N) is 2. The van der Waals surface area contributed by atoms with Crippen molar-refractivity contribution < 1.29 is 14.3 Å². The van der Waals surface area contributed by atoms with E-state index < -0.39 is 5.97 Å². The van der Waals surface area contributed by atoms with Crippen LogP contribution in [0.3, 0.4) is 0 Å². The van der Waals surface area contributed by atoms with E-state index >= 15 is 0 Å². The molecule has 5 nitrogen and oxygen atoms in total. The third kappa shape index (κ3) is 2.57. The summed E-state index contributed by atoms with van der Waals surface area (Å²) < 4.78 is 5.92. The van der Waals surface area contributed by atoms with Crippen LogP contribution >= 0.6 is 23.1 Å². The van der Waals surface area contributed by atoms with Crippen molar-refractivity contribution in [3.63, 3.8) is 0 Å². The third-order valence-corrected chi connectivity index (χ3v) is 3.46. The lowest BCUT2D eigenvalue weighted by Crippen LogP contribution is -1.91. The minimum atomic E-state index is -0.981. The molecule has 7 heteroatoms. The molecule has 0 radical (unpaired) electrons. The maximum Gasteiger partial charge on any atom is 0.338 e. The molecule has 0 aliphatic heterocycles. The van der Waals surface area contributed by atoms with Crippen molar-refractivity contribution in [3.05, 3.63) is 29.2 Å². The summed E-state index contributed by atoms with van der Waals surface area (Å²) in [7, 11) is 0. The van der Waals surface area contributed by atoms with Crippen molar-refractivity contribution >= 4 is 29.1 Å². The van der Waals surface area contributed by atoms with Gasteiger partial charge in [0.1, 0.15) is 17.5 Å². The minimum Gasteiger partial charge on any atom is -0.478 e. The SMILES string of the molecule is O=C(O)c1coc(CSc2nncs2)c1. The summed E-state index contributed by atoms with van der Waals surface area (Å²) in [5.74, 6) is 0.196. The van der Waals surface area contributed by atoms with E-state index in [1.54, 1.807) is 5.51 Å². The van der Waals surface area contributed by atoms with Crippen molar-refractivity contribution in [3.8, 4) is 0 Å². The molecule has 0 aliphatic carbocycles. The van der Waals surface area contributed by atoms with Gasteiger partial charge in [0.2, 0.25) is 0 Å². The first-order valence-electron chi connectivity index (χ1n) is 3.95. The minimum absolute atomic E-state index is 0.169. The van der Waals surface area contributed by atoms with Crippen molar-refractivity contribution in [2.75, 3.05) is 0 Å². The standard InChI is InChI=1S/C8H6N2O3S2/c11-7(12)5-1-6(13-2-5)3-14-8-10-9-4-15-8/h1-2,4H,3H2,(H,11,12). The number of rotatable bonds is 4. The Labute approximate surface area is 93.1 Å². The summed E-state index contributed by atoms with van der Waals surface area (Å²) in [4.78, 5) is 10.6. The first kappa shape index (κ1) is 10.2. The number of aromatic carboxylic acids is 1. The van der Waals surface area contributed by atoms with Crippen LogP contribution < -0.4 is 0 Å². The van der Waals surface area contributed by atoms with Crippen molar-refractivity contribution in [2.24, 2.45) is 0 Å². The van der Waals surface area contributed by atoms with E-state index in [0.717, 1.165) is 4.34 Å². The molecule has 2 aromatic rings. The van der Waals surface area contributed by atoms with Crippen LogP contribution in [-0.2, 0) is 5.75 Å². The number of hydrogen-bond donors (Lipinski definition) is 1. The first-order valence-corrected chi connectivity index (χ1v) is 5.82. The number of thioether (sulfide) groups is 1. The second-order valence-corrected chi connectivity index (χ2v) is 4.66. The first-order chi connectivity index (χ1) is 7.25. The summed E-state index contributed by atoms with van der Waals surface area (Å²) in [5.41, 5.74) is 1.82. The smallest absolute Gasteiger partial charge is 0.338 e. The molecule has 0 amide bonds. The van der Waals surface area contributed by atoms with Crippen LogP contribution in [0.1, 0.15) is 16.1 Å². The van der Waals surface area contributed by atoms with Gasteiger partial charge in [0.25, 0.3) is 0 Å². The summed E-state index contributed by atoms with van der Waals surface area (Å²) in [6.45, 7) is 0. The monoisotopic (exact) mass is 242 g/mol. The Bertz CT molecular complexity index is 452. The molecule has 2 rings (SSSR count). The number of carboxylic acids is 1. The van der Waals surface area contributed by atoms with E-state index in [4.69, 9.17) is 9.52 Å². The predicted octanol–water partition coefficient (Wildman–Crippen LogP) is 2.12. The van der Waals surface area contributed by atoms with Crippen molar-refractivity contribution in [1.82, 2.24) is 10.2 Å². The van der Waals surface area contributed by atoms with E-state index in [0.29, 0.717) is 11.5 Å². The van der Waals surface area contributed by atoms with Crippen LogP contribution in [0.2, 0.25) is 0 Å². The Morgan fingerprint density at radius 1 is 1.67 bits per heavy atom. The van der Waals surface area contributed by atoms with E-state index in [9.17, 15) is 4.79 Å². The number of hydrogen-bond acceptors (Lipinski definition) is 6. The molecule has 2 aromatic heterocycles. The highest BCUT2D eigenvalue weighted by molar-refractivity contribution is 8.00. The lowest BCUT2D eigenvalue weighted by Gasteiger charge is -1.90. The topological polar surface area (TPSA) is 76.2 Å². The van der Waals surface area contributed by atoms with Gasteiger partial charge in [-0.15, -0.1) is 10.2 Å². The molecule has 0 spiro atoms. The van der Waals surface area contributed by atoms with E-state index in [1.165, 1.54) is 35.4 Å². The molecule has 78 valence electrons. The lowest BCUT2D eigenvalue weighted by atomic mass is 10.3. The molecule has 0 bridgehead atoms. The quantitative estimate of drug-likeness (QED) is 0.827. The average molecular weight is 242 g/mol. The van der Waals surface area contributed by atoms with Crippen LogP contribution in [0.5, 0.6) is 0 Å². The largest absolute Gasteiger partial charge is 0.478 e. The van der Waals surface area contributed by atoms with Gasteiger partial charge in [0.05, 0.1) is 11.3 Å². The fourth-order valence-electron chi connectivity index (χ4n) is 0.927. The van der Waals surface area contributed by atoms with Crippen LogP contribution in [-0.4, -0.2) is 21.3 Å². The fraction of sp³-hybridized carbons (Fsp3) is 0.125. The molecule has 0 atom stereocenters. The normalized spacial score (nSPS) is 10.4. The second kappa shape index (κ2) is 4.45. The van der Waals surface area contributed by atoms with Crippen LogP contribution in [0, 0.1) is 0 Å². The van der Waals surface area contributed by atoms with Crippen LogP contribution in [0.25, 0.3) is 0 Å². The third-order valence-electron chi connectivity index (χ3n) is 1.58. The Balaban J connectivity index is 1.96. The molecule has 0 aliphatic rings. The molecular weight excluding hydrogens is 236 g/mol. The summed E-state index contributed by atoms with van der Waals surface area (Å²) >= 11 is 2.90. The molecule has 0 aromatic carbocycles. The van der Waals surface area contributed by atoms with Gasteiger partial charge in [-0.3, -0.25) is 0 Å².